The average Bonchev–Trinajstić information content (AvgIpc) is 2.39. The lowest BCUT2D eigenvalue weighted by atomic mass is 10.0. The van der Waals surface area contributed by atoms with E-state index in [1.807, 2.05) is 61.5 Å². The van der Waals surface area contributed by atoms with Crippen molar-refractivity contribution >= 4 is 12.4 Å². The first-order chi connectivity index (χ1) is 9.15. The zero-order valence-electron chi connectivity index (χ0n) is 11.6. The molecule has 2 rings (SSSR count). The number of nitrogens with two attached hydrogens (primary N) is 1. The molecule has 2 N–H and O–H groups in total. The van der Waals surface area contributed by atoms with Crippen LogP contribution in [0.3, 0.4) is 0 Å². The fourth-order valence-electron chi connectivity index (χ4n) is 1.93. The molecule has 20 heavy (non-hydrogen) atoms. The van der Waals surface area contributed by atoms with Crippen LogP contribution in [0.1, 0.15) is 24.9 Å². The van der Waals surface area contributed by atoms with Gasteiger partial charge in [-0.25, -0.2) is 0 Å². The fourth-order valence-corrected chi connectivity index (χ4v) is 1.93. The Labute approximate surface area is 126 Å². The van der Waals surface area contributed by atoms with Crippen molar-refractivity contribution < 1.29 is 4.74 Å². The Kier molecular flexibility index (Phi) is 6.29. The van der Waals surface area contributed by atoms with Crippen molar-refractivity contribution in [1.29, 1.82) is 0 Å². The van der Waals surface area contributed by atoms with Gasteiger partial charge in [0, 0.05) is 6.04 Å². The van der Waals surface area contributed by atoms with Gasteiger partial charge in [-0.3, -0.25) is 0 Å². The van der Waals surface area contributed by atoms with Gasteiger partial charge in [-0.1, -0.05) is 35.9 Å². The molecule has 0 aliphatic heterocycles. The van der Waals surface area contributed by atoms with E-state index in [0.29, 0.717) is 0 Å². The molecule has 0 saturated carbocycles. The minimum absolute atomic E-state index is 0. The zero-order chi connectivity index (χ0) is 13.7. The van der Waals surface area contributed by atoms with E-state index in [2.05, 4.69) is 6.58 Å². The summed E-state index contributed by atoms with van der Waals surface area (Å²) >= 11 is 0. The van der Waals surface area contributed by atoms with Gasteiger partial charge in [-0.15, -0.1) is 19.0 Å². The number of benzene rings is 2. The van der Waals surface area contributed by atoms with Crippen LogP contribution in [-0.2, 0) is 0 Å². The molecule has 0 aliphatic carbocycles. The van der Waals surface area contributed by atoms with E-state index in [9.17, 15) is 0 Å². The normalized spacial score (nSPS) is 11.3. The van der Waals surface area contributed by atoms with Gasteiger partial charge >= 0.3 is 0 Å². The lowest BCUT2D eigenvalue weighted by Gasteiger charge is -2.13. The van der Waals surface area contributed by atoms with E-state index in [4.69, 9.17) is 10.5 Å². The van der Waals surface area contributed by atoms with E-state index in [1.54, 1.807) is 0 Å². The third kappa shape index (κ3) is 4.72. The van der Waals surface area contributed by atoms with Crippen molar-refractivity contribution in [3.05, 3.63) is 72.3 Å². The van der Waals surface area contributed by atoms with E-state index in [0.717, 1.165) is 29.1 Å². The third-order valence-corrected chi connectivity index (χ3v) is 2.83. The first kappa shape index (κ1) is 16.3. The Morgan fingerprint density at radius 1 is 1.10 bits per heavy atom. The second-order valence-corrected chi connectivity index (χ2v) is 4.76. The molecule has 2 aromatic carbocycles. The van der Waals surface area contributed by atoms with E-state index in [1.165, 1.54) is 0 Å². The maximum absolute atomic E-state index is 6.14. The van der Waals surface area contributed by atoms with Crippen LogP contribution in [0.25, 0.3) is 0 Å². The van der Waals surface area contributed by atoms with Gasteiger partial charge in [0.15, 0.2) is 0 Å². The molecule has 2 aromatic rings. The van der Waals surface area contributed by atoms with Gasteiger partial charge in [0.2, 0.25) is 0 Å². The SMILES string of the molecule is C=C(C)C[C@@H](N)c1cccc(Oc2ccccc2)c1.Cl. The predicted octanol–water partition coefficient (Wildman–Crippen LogP) is 4.87. The number of hydrogen-bond acceptors (Lipinski definition) is 2. The standard InChI is InChI=1S/C17H19NO.ClH/c1-13(2)11-17(18)14-7-6-10-16(12-14)19-15-8-4-3-5-9-15;/h3-10,12,17H,1,11,18H2,2H3;1H/t17-;/m1./s1. The highest BCUT2D eigenvalue weighted by Crippen LogP contribution is 2.25. The van der Waals surface area contributed by atoms with Gasteiger partial charge in [0.1, 0.15) is 11.5 Å². The largest absolute Gasteiger partial charge is 0.457 e. The molecule has 0 spiro atoms. The van der Waals surface area contributed by atoms with E-state index in [-0.39, 0.29) is 18.4 Å². The number of rotatable bonds is 5. The van der Waals surface area contributed by atoms with Crippen molar-refractivity contribution in [1.82, 2.24) is 0 Å². The van der Waals surface area contributed by atoms with Crippen molar-refractivity contribution in [3.8, 4) is 11.5 Å². The quantitative estimate of drug-likeness (QED) is 0.797. The number of hydrogen-bond donors (Lipinski definition) is 1. The summed E-state index contributed by atoms with van der Waals surface area (Å²) in [5.41, 5.74) is 8.29. The molecule has 3 heteroatoms. The molecular formula is C17H20ClNO. The summed E-state index contributed by atoms with van der Waals surface area (Å²) < 4.78 is 5.80. The summed E-state index contributed by atoms with van der Waals surface area (Å²) in [5, 5.41) is 0. The Balaban J connectivity index is 0.00000200. The van der Waals surface area contributed by atoms with Crippen molar-refractivity contribution in [2.24, 2.45) is 5.73 Å². The molecule has 106 valence electrons. The minimum Gasteiger partial charge on any atom is -0.457 e. The fraction of sp³-hybridized carbons (Fsp3) is 0.176. The van der Waals surface area contributed by atoms with Crippen LogP contribution in [0.2, 0.25) is 0 Å². The molecule has 0 aromatic heterocycles. The molecule has 0 amide bonds. The number of para-hydroxylation sites is 1. The van der Waals surface area contributed by atoms with Crippen LogP contribution in [-0.4, -0.2) is 0 Å². The molecule has 0 aliphatic rings. The smallest absolute Gasteiger partial charge is 0.127 e. The summed E-state index contributed by atoms with van der Waals surface area (Å²) in [6.07, 6.45) is 0.786. The molecule has 0 heterocycles. The van der Waals surface area contributed by atoms with Crippen LogP contribution in [0, 0.1) is 0 Å². The van der Waals surface area contributed by atoms with Crippen LogP contribution >= 0.6 is 12.4 Å². The Morgan fingerprint density at radius 2 is 1.75 bits per heavy atom. The molecule has 0 fully saturated rings. The molecule has 0 unspecified atom stereocenters. The second kappa shape index (κ2) is 7.73. The van der Waals surface area contributed by atoms with Crippen LogP contribution in [0.5, 0.6) is 11.5 Å². The van der Waals surface area contributed by atoms with Gasteiger partial charge in [0.05, 0.1) is 0 Å². The summed E-state index contributed by atoms with van der Waals surface area (Å²) in [6, 6.07) is 17.6. The highest BCUT2D eigenvalue weighted by molar-refractivity contribution is 5.85. The lowest BCUT2D eigenvalue weighted by molar-refractivity contribution is 0.481. The maximum atomic E-state index is 6.14. The third-order valence-electron chi connectivity index (χ3n) is 2.83. The zero-order valence-corrected chi connectivity index (χ0v) is 12.4. The maximum Gasteiger partial charge on any atom is 0.127 e. The monoisotopic (exact) mass is 289 g/mol. The second-order valence-electron chi connectivity index (χ2n) is 4.76. The molecule has 1 atom stereocenters. The van der Waals surface area contributed by atoms with E-state index < -0.39 is 0 Å². The van der Waals surface area contributed by atoms with Crippen LogP contribution < -0.4 is 10.5 Å². The van der Waals surface area contributed by atoms with Crippen LogP contribution in [0.15, 0.2) is 66.7 Å². The van der Waals surface area contributed by atoms with Crippen molar-refractivity contribution in [2.45, 2.75) is 19.4 Å². The Bertz CT molecular complexity index is 554. The number of halogens is 1. The molecule has 0 saturated heterocycles. The summed E-state index contributed by atoms with van der Waals surface area (Å²) in [4.78, 5) is 0. The van der Waals surface area contributed by atoms with Gasteiger partial charge < -0.3 is 10.5 Å². The van der Waals surface area contributed by atoms with Gasteiger partial charge in [-0.2, -0.15) is 0 Å². The first-order valence-corrected chi connectivity index (χ1v) is 6.38. The summed E-state index contributed by atoms with van der Waals surface area (Å²) in [7, 11) is 0. The highest BCUT2D eigenvalue weighted by Gasteiger charge is 2.07. The average molecular weight is 290 g/mol. The topological polar surface area (TPSA) is 35.2 Å². The molecule has 2 nitrogen and oxygen atoms in total. The lowest BCUT2D eigenvalue weighted by Crippen LogP contribution is -2.10. The van der Waals surface area contributed by atoms with Crippen molar-refractivity contribution in [3.63, 3.8) is 0 Å². The molecule has 0 radical (unpaired) electrons. The first-order valence-electron chi connectivity index (χ1n) is 6.38. The van der Waals surface area contributed by atoms with Crippen molar-refractivity contribution in [2.75, 3.05) is 0 Å². The van der Waals surface area contributed by atoms with E-state index >= 15 is 0 Å². The Hall–Kier alpha value is -1.77. The number of ether oxygens (including phenoxy) is 1. The van der Waals surface area contributed by atoms with Gasteiger partial charge in [-0.05, 0) is 43.2 Å². The predicted molar refractivity (Wildman–Crippen MR) is 86.6 cm³/mol. The highest BCUT2D eigenvalue weighted by atomic mass is 35.5. The molecule has 0 bridgehead atoms. The summed E-state index contributed by atoms with van der Waals surface area (Å²) in [5.74, 6) is 1.63. The summed E-state index contributed by atoms with van der Waals surface area (Å²) in [6.45, 7) is 5.89. The Morgan fingerprint density at radius 3 is 2.40 bits per heavy atom. The van der Waals surface area contributed by atoms with Gasteiger partial charge in [0.25, 0.3) is 0 Å². The van der Waals surface area contributed by atoms with Crippen LogP contribution in [0.4, 0.5) is 0 Å². The molecular weight excluding hydrogens is 270 g/mol. The minimum atomic E-state index is -0.0307.